The Hall–Kier alpha value is -1.79. The summed E-state index contributed by atoms with van der Waals surface area (Å²) in [5.41, 5.74) is 1.56. The molecule has 2 heterocycles. The predicted octanol–water partition coefficient (Wildman–Crippen LogP) is 3.41. The fraction of sp³-hybridized carbons (Fsp3) is 0.133. The van der Waals surface area contributed by atoms with Gasteiger partial charge in [-0.15, -0.1) is 11.3 Å². The summed E-state index contributed by atoms with van der Waals surface area (Å²) < 4.78 is 2.26. The fourth-order valence-corrected chi connectivity index (χ4v) is 3.71. The van der Waals surface area contributed by atoms with Crippen LogP contribution in [0, 0.1) is 6.92 Å². The SMILES string of the molecule is Cc1nc2ccccc2n(CC(=O)c2sccc2Br)c1=O. The first kappa shape index (κ1) is 14.2. The van der Waals surface area contributed by atoms with Gasteiger partial charge in [-0.1, -0.05) is 12.1 Å². The molecular weight excluding hydrogens is 352 g/mol. The number of ketones is 1. The van der Waals surface area contributed by atoms with Crippen LogP contribution < -0.4 is 5.56 Å². The lowest BCUT2D eigenvalue weighted by Crippen LogP contribution is -2.27. The molecule has 106 valence electrons. The Labute approximate surface area is 133 Å². The Kier molecular flexibility index (Phi) is 3.73. The van der Waals surface area contributed by atoms with E-state index in [1.54, 1.807) is 13.0 Å². The number of halogens is 1. The number of para-hydroxylation sites is 2. The second kappa shape index (κ2) is 5.54. The van der Waals surface area contributed by atoms with Crippen LogP contribution in [0.3, 0.4) is 0 Å². The molecule has 0 aliphatic rings. The molecule has 0 aliphatic heterocycles. The highest BCUT2D eigenvalue weighted by atomic mass is 79.9. The van der Waals surface area contributed by atoms with Crippen molar-refractivity contribution in [2.75, 3.05) is 0 Å². The van der Waals surface area contributed by atoms with Crippen molar-refractivity contribution in [3.63, 3.8) is 0 Å². The van der Waals surface area contributed by atoms with E-state index in [2.05, 4.69) is 20.9 Å². The first-order valence-electron chi connectivity index (χ1n) is 6.30. The maximum Gasteiger partial charge on any atom is 0.272 e. The summed E-state index contributed by atoms with van der Waals surface area (Å²) in [6.07, 6.45) is 0. The zero-order valence-corrected chi connectivity index (χ0v) is 13.6. The number of fused-ring (bicyclic) bond motifs is 1. The van der Waals surface area contributed by atoms with E-state index in [1.165, 1.54) is 15.9 Å². The van der Waals surface area contributed by atoms with Crippen molar-refractivity contribution < 1.29 is 4.79 Å². The average molecular weight is 363 g/mol. The molecule has 0 amide bonds. The highest BCUT2D eigenvalue weighted by Gasteiger charge is 2.15. The van der Waals surface area contributed by atoms with Crippen LogP contribution in [0.4, 0.5) is 0 Å². The van der Waals surface area contributed by atoms with Crippen molar-refractivity contribution in [1.29, 1.82) is 0 Å². The molecule has 0 saturated heterocycles. The molecule has 0 fully saturated rings. The number of rotatable bonds is 3. The van der Waals surface area contributed by atoms with Gasteiger partial charge in [0, 0.05) is 4.47 Å². The maximum absolute atomic E-state index is 12.4. The van der Waals surface area contributed by atoms with E-state index in [0.29, 0.717) is 21.6 Å². The number of hydrogen-bond acceptors (Lipinski definition) is 4. The standard InChI is InChI=1S/C15H11BrN2O2S/c1-9-15(20)18(12-5-3-2-4-11(12)17-9)8-13(19)14-10(16)6-7-21-14/h2-7H,8H2,1H3. The molecule has 6 heteroatoms. The number of hydrogen-bond donors (Lipinski definition) is 0. The van der Waals surface area contributed by atoms with Gasteiger partial charge in [-0.25, -0.2) is 4.98 Å². The highest BCUT2D eigenvalue weighted by Crippen LogP contribution is 2.23. The third kappa shape index (κ3) is 2.56. The van der Waals surface area contributed by atoms with E-state index < -0.39 is 0 Å². The van der Waals surface area contributed by atoms with Crippen LogP contribution in [-0.4, -0.2) is 15.3 Å². The van der Waals surface area contributed by atoms with E-state index in [-0.39, 0.29) is 17.9 Å². The third-order valence-electron chi connectivity index (χ3n) is 3.19. The average Bonchev–Trinajstić information content (AvgIpc) is 2.90. The second-order valence-corrected chi connectivity index (χ2v) is 6.37. The van der Waals surface area contributed by atoms with Crippen LogP contribution in [0.5, 0.6) is 0 Å². The lowest BCUT2D eigenvalue weighted by molar-refractivity contribution is 0.0975. The second-order valence-electron chi connectivity index (χ2n) is 4.60. The fourth-order valence-electron chi connectivity index (χ4n) is 2.19. The van der Waals surface area contributed by atoms with Gasteiger partial charge in [-0.3, -0.25) is 14.2 Å². The summed E-state index contributed by atoms with van der Waals surface area (Å²) in [6.45, 7) is 1.68. The van der Waals surface area contributed by atoms with Gasteiger partial charge in [-0.2, -0.15) is 0 Å². The predicted molar refractivity (Wildman–Crippen MR) is 87.1 cm³/mol. The van der Waals surface area contributed by atoms with Crippen molar-refractivity contribution in [2.24, 2.45) is 0 Å². The Morgan fingerprint density at radius 3 is 2.81 bits per heavy atom. The van der Waals surface area contributed by atoms with Crippen LogP contribution in [0.1, 0.15) is 15.4 Å². The van der Waals surface area contributed by atoms with Crippen LogP contribution in [-0.2, 0) is 6.54 Å². The quantitative estimate of drug-likeness (QED) is 0.670. The molecule has 3 rings (SSSR count). The van der Waals surface area contributed by atoms with Crippen molar-refractivity contribution >= 4 is 44.1 Å². The van der Waals surface area contributed by atoms with Crippen LogP contribution in [0.15, 0.2) is 45.0 Å². The van der Waals surface area contributed by atoms with Gasteiger partial charge >= 0.3 is 0 Å². The molecule has 1 aromatic carbocycles. The molecular formula is C15H11BrN2O2S. The molecule has 3 aromatic rings. The summed E-state index contributed by atoms with van der Waals surface area (Å²) >= 11 is 4.72. The molecule has 0 unspecified atom stereocenters. The number of nitrogens with zero attached hydrogens (tertiary/aromatic N) is 2. The van der Waals surface area contributed by atoms with Crippen LogP contribution in [0.25, 0.3) is 11.0 Å². The minimum Gasteiger partial charge on any atom is -0.297 e. The molecule has 0 atom stereocenters. The number of benzene rings is 1. The first-order chi connectivity index (χ1) is 10.1. The zero-order valence-electron chi connectivity index (χ0n) is 11.2. The van der Waals surface area contributed by atoms with E-state index in [0.717, 1.165) is 4.47 Å². The monoisotopic (exact) mass is 362 g/mol. The molecule has 0 radical (unpaired) electrons. The number of aryl methyl sites for hydroxylation is 1. The number of thiophene rings is 1. The summed E-state index contributed by atoms with van der Waals surface area (Å²) in [5.74, 6) is -0.0882. The van der Waals surface area contributed by atoms with E-state index in [4.69, 9.17) is 0 Å². The molecule has 0 N–H and O–H groups in total. The third-order valence-corrected chi connectivity index (χ3v) is 5.07. The minimum absolute atomic E-state index is 0.0157. The van der Waals surface area contributed by atoms with Gasteiger partial charge < -0.3 is 0 Å². The molecule has 0 saturated carbocycles. The summed E-state index contributed by atoms with van der Waals surface area (Å²) in [4.78, 5) is 29.6. The normalized spacial score (nSPS) is 11.0. The Morgan fingerprint density at radius 1 is 1.33 bits per heavy atom. The maximum atomic E-state index is 12.4. The van der Waals surface area contributed by atoms with E-state index in [1.807, 2.05) is 29.6 Å². The van der Waals surface area contributed by atoms with Gasteiger partial charge in [0.15, 0.2) is 5.78 Å². The molecule has 2 aromatic heterocycles. The Morgan fingerprint density at radius 2 is 2.10 bits per heavy atom. The smallest absolute Gasteiger partial charge is 0.272 e. The number of carbonyl (C=O) groups excluding carboxylic acids is 1. The van der Waals surface area contributed by atoms with Gasteiger partial charge in [0.2, 0.25) is 0 Å². The Bertz CT molecular complexity index is 898. The molecule has 0 bridgehead atoms. The minimum atomic E-state index is -0.227. The van der Waals surface area contributed by atoms with Gasteiger partial charge in [-0.05, 0) is 46.4 Å². The van der Waals surface area contributed by atoms with E-state index in [9.17, 15) is 9.59 Å². The van der Waals surface area contributed by atoms with Crippen molar-refractivity contribution in [3.8, 4) is 0 Å². The molecule has 21 heavy (non-hydrogen) atoms. The lowest BCUT2D eigenvalue weighted by Gasteiger charge is -2.10. The Balaban J connectivity index is 2.12. The molecule has 0 aliphatic carbocycles. The zero-order chi connectivity index (χ0) is 15.0. The molecule has 4 nitrogen and oxygen atoms in total. The van der Waals surface area contributed by atoms with Crippen molar-refractivity contribution in [1.82, 2.24) is 9.55 Å². The number of carbonyl (C=O) groups is 1. The summed E-state index contributed by atoms with van der Waals surface area (Å²) in [6, 6.07) is 9.17. The van der Waals surface area contributed by atoms with Crippen molar-refractivity contribution in [2.45, 2.75) is 13.5 Å². The van der Waals surface area contributed by atoms with Gasteiger partial charge in [0.1, 0.15) is 5.69 Å². The number of Topliss-reactive ketones (excluding diaryl/α,β-unsaturated/α-hetero) is 1. The summed E-state index contributed by atoms with van der Waals surface area (Å²) in [5, 5.41) is 1.84. The van der Waals surface area contributed by atoms with Crippen LogP contribution in [0.2, 0.25) is 0 Å². The lowest BCUT2D eigenvalue weighted by atomic mass is 10.2. The van der Waals surface area contributed by atoms with Gasteiger partial charge in [0.05, 0.1) is 22.5 Å². The highest BCUT2D eigenvalue weighted by molar-refractivity contribution is 9.10. The van der Waals surface area contributed by atoms with Crippen molar-refractivity contribution in [3.05, 3.63) is 61.1 Å². The first-order valence-corrected chi connectivity index (χ1v) is 7.97. The van der Waals surface area contributed by atoms with Gasteiger partial charge in [0.25, 0.3) is 5.56 Å². The van der Waals surface area contributed by atoms with E-state index >= 15 is 0 Å². The molecule has 0 spiro atoms. The topological polar surface area (TPSA) is 52.0 Å². The van der Waals surface area contributed by atoms with Crippen LogP contribution >= 0.6 is 27.3 Å². The number of aromatic nitrogens is 2. The summed E-state index contributed by atoms with van der Waals surface area (Å²) in [7, 11) is 0. The largest absolute Gasteiger partial charge is 0.297 e.